The van der Waals surface area contributed by atoms with Crippen LogP contribution in [0.5, 0.6) is 0 Å². The number of hydrogen-bond donors (Lipinski definition) is 0. The first-order valence-electron chi connectivity index (χ1n) is 11.0. The zero-order valence-electron chi connectivity index (χ0n) is 18.4. The van der Waals surface area contributed by atoms with Crippen molar-refractivity contribution in [3.63, 3.8) is 0 Å². The Kier molecular flexibility index (Phi) is 4.95. The zero-order valence-corrected chi connectivity index (χ0v) is 18.4. The monoisotopic (exact) mass is 409 g/mol. The molecule has 0 radical (unpaired) electrons. The second-order valence-corrected chi connectivity index (χ2v) is 8.51. The molecule has 3 heterocycles. The molecule has 4 nitrogen and oxygen atoms in total. The maximum Gasteiger partial charge on any atom is 0.162 e. The highest BCUT2D eigenvalue weighted by atomic mass is 16.1. The second kappa shape index (κ2) is 7.78. The minimum Gasteiger partial charge on any atom is -0.313 e. The lowest BCUT2D eigenvalue weighted by Gasteiger charge is -2.25. The molecule has 0 saturated heterocycles. The molecule has 5 rings (SSSR count). The van der Waals surface area contributed by atoms with Crippen molar-refractivity contribution in [3.05, 3.63) is 83.3 Å². The largest absolute Gasteiger partial charge is 0.313 e. The van der Waals surface area contributed by atoms with Crippen LogP contribution in [-0.4, -0.2) is 33.8 Å². The second-order valence-electron chi connectivity index (χ2n) is 8.51. The number of nitrogens with zero attached hydrogens (tertiary/aromatic N) is 3. The lowest BCUT2D eigenvalue weighted by atomic mass is 9.99. The summed E-state index contributed by atoms with van der Waals surface area (Å²) in [6.45, 7) is 6.05. The number of Topliss-reactive ketones (excluding diaryl/α,β-unsaturated/α-hetero) is 1. The molecule has 4 heteroatoms. The van der Waals surface area contributed by atoms with Gasteiger partial charge in [-0.25, -0.2) is 0 Å². The fourth-order valence-electron chi connectivity index (χ4n) is 4.75. The van der Waals surface area contributed by atoms with Crippen molar-refractivity contribution in [2.24, 2.45) is 0 Å². The highest BCUT2D eigenvalue weighted by Gasteiger charge is 2.25. The molecule has 0 fully saturated rings. The highest BCUT2D eigenvalue weighted by Crippen LogP contribution is 2.37. The molecule has 0 spiro atoms. The molecule has 4 aromatic rings. The van der Waals surface area contributed by atoms with Crippen molar-refractivity contribution >= 4 is 16.7 Å². The van der Waals surface area contributed by atoms with E-state index in [-0.39, 0.29) is 5.78 Å². The van der Waals surface area contributed by atoms with Gasteiger partial charge in [-0.3, -0.25) is 9.78 Å². The van der Waals surface area contributed by atoms with E-state index < -0.39 is 0 Å². The summed E-state index contributed by atoms with van der Waals surface area (Å²) in [5.74, 6) is 0.170. The van der Waals surface area contributed by atoms with E-state index in [1.54, 1.807) is 0 Å². The van der Waals surface area contributed by atoms with Gasteiger partial charge in [0.2, 0.25) is 0 Å². The number of aryl methyl sites for hydroxylation is 1. The summed E-state index contributed by atoms with van der Waals surface area (Å²) in [6, 6.07) is 16.9. The average molecular weight is 410 g/mol. The van der Waals surface area contributed by atoms with E-state index in [0.717, 1.165) is 41.9 Å². The molecule has 0 unspecified atom stereocenters. The lowest BCUT2D eigenvalue weighted by Crippen LogP contribution is -2.27. The Bertz CT molecular complexity index is 1290. The van der Waals surface area contributed by atoms with Gasteiger partial charge in [-0.05, 0) is 55.4 Å². The van der Waals surface area contributed by atoms with Crippen LogP contribution >= 0.6 is 0 Å². The van der Waals surface area contributed by atoms with Crippen LogP contribution < -0.4 is 0 Å². The minimum absolute atomic E-state index is 0.170. The van der Waals surface area contributed by atoms with Gasteiger partial charge >= 0.3 is 0 Å². The Morgan fingerprint density at radius 1 is 1.06 bits per heavy atom. The van der Waals surface area contributed by atoms with Crippen LogP contribution in [0.15, 0.2) is 60.9 Å². The lowest BCUT2D eigenvalue weighted by molar-refractivity contribution is 0.0988. The smallest absolute Gasteiger partial charge is 0.162 e. The van der Waals surface area contributed by atoms with Crippen molar-refractivity contribution < 1.29 is 4.79 Å². The predicted octanol–water partition coefficient (Wildman–Crippen LogP) is 5.58. The Morgan fingerprint density at radius 2 is 1.87 bits per heavy atom. The van der Waals surface area contributed by atoms with Crippen LogP contribution in [0.4, 0.5) is 0 Å². The fourth-order valence-corrected chi connectivity index (χ4v) is 4.75. The van der Waals surface area contributed by atoms with Gasteiger partial charge in [-0.1, -0.05) is 30.7 Å². The maximum absolute atomic E-state index is 12.6. The van der Waals surface area contributed by atoms with Gasteiger partial charge in [0.25, 0.3) is 0 Å². The molecule has 31 heavy (non-hydrogen) atoms. The quantitative estimate of drug-likeness (QED) is 0.413. The van der Waals surface area contributed by atoms with Crippen molar-refractivity contribution in [1.29, 1.82) is 0 Å². The number of pyridine rings is 1. The molecule has 1 aliphatic heterocycles. The van der Waals surface area contributed by atoms with E-state index in [0.29, 0.717) is 6.42 Å². The van der Waals surface area contributed by atoms with Crippen LogP contribution in [0.25, 0.3) is 27.7 Å². The first-order chi connectivity index (χ1) is 15.1. The van der Waals surface area contributed by atoms with Crippen molar-refractivity contribution in [1.82, 2.24) is 14.5 Å². The number of fused-ring (bicyclic) bond motifs is 3. The standard InChI is InChI=1S/C27H27N3O/c1-4-27(31)20-6-7-21(19-9-12-28-13-10-19)26(16-20)30-24-8-5-18(2)15-22(24)23-17-29(3)14-11-25(23)30/h5-10,12-13,15-16H,4,11,14,17H2,1-3H3. The normalized spacial score (nSPS) is 14.0. The predicted molar refractivity (Wildman–Crippen MR) is 126 cm³/mol. The minimum atomic E-state index is 0.170. The number of ketones is 1. The molecule has 0 aliphatic carbocycles. The van der Waals surface area contributed by atoms with Gasteiger partial charge in [0.05, 0.1) is 11.2 Å². The third kappa shape index (κ3) is 3.37. The Labute approximate surface area is 183 Å². The van der Waals surface area contributed by atoms with Gasteiger partial charge in [-0.2, -0.15) is 0 Å². The first kappa shape index (κ1) is 19.7. The summed E-state index contributed by atoms with van der Waals surface area (Å²) in [4.78, 5) is 19.2. The van der Waals surface area contributed by atoms with Crippen LogP contribution in [0, 0.1) is 6.92 Å². The first-order valence-corrected chi connectivity index (χ1v) is 11.0. The van der Waals surface area contributed by atoms with Crippen molar-refractivity contribution in [3.8, 4) is 16.8 Å². The average Bonchev–Trinajstić information content (AvgIpc) is 3.11. The van der Waals surface area contributed by atoms with Crippen LogP contribution in [-0.2, 0) is 13.0 Å². The summed E-state index contributed by atoms with van der Waals surface area (Å²) in [5, 5.41) is 1.31. The van der Waals surface area contributed by atoms with Gasteiger partial charge in [-0.15, -0.1) is 0 Å². The molecule has 0 N–H and O–H groups in total. The number of likely N-dealkylation sites (N-methyl/N-ethyl adjacent to an activating group) is 1. The molecular formula is C27H27N3O. The third-order valence-electron chi connectivity index (χ3n) is 6.37. The number of benzene rings is 2. The van der Waals surface area contributed by atoms with Crippen molar-refractivity contribution in [2.45, 2.75) is 33.2 Å². The summed E-state index contributed by atoms with van der Waals surface area (Å²) < 4.78 is 2.40. The van der Waals surface area contributed by atoms with Crippen LogP contribution in [0.3, 0.4) is 0 Å². The number of aromatic nitrogens is 2. The molecule has 0 bridgehead atoms. The molecule has 0 atom stereocenters. The number of carbonyl (C=O) groups excluding carboxylic acids is 1. The Hall–Kier alpha value is -3.24. The van der Waals surface area contributed by atoms with E-state index in [1.807, 2.05) is 37.5 Å². The van der Waals surface area contributed by atoms with Gasteiger partial charge in [0.15, 0.2) is 5.78 Å². The molecule has 156 valence electrons. The number of carbonyl (C=O) groups is 1. The topological polar surface area (TPSA) is 38.1 Å². The highest BCUT2D eigenvalue weighted by molar-refractivity contribution is 5.98. The Balaban J connectivity index is 1.85. The summed E-state index contributed by atoms with van der Waals surface area (Å²) in [6.07, 6.45) is 5.14. The SMILES string of the molecule is CCC(=O)c1ccc(-c2ccncc2)c(-n2c3c(c4cc(C)ccc42)CN(C)CC3)c1. The molecule has 1 aliphatic rings. The molecule has 2 aromatic carbocycles. The number of rotatable bonds is 4. The third-order valence-corrected chi connectivity index (χ3v) is 6.37. The summed E-state index contributed by atoms with van der Waals surface area (Å²) in [5.41, 5.74) is 9.31. The Morgan fingerprint density at radius 3 is 2.65 bits per heavy atom. The maximum atomic E-state index is 12.6. The zero-order chi connectivity index (χ0) is 21.5. The van der Waals surface area contributed by atoms with E-state index in [1.165, 1.54) is 27.7 Å². The van der Waals surface area contributed by atoms with E-state index in [4.69, 9.17) is 0 Å². The van der Waals surface area contributed by atoms with E-state index >= 15 is 0 Å². The molecule has 0 amide bonds. The van der Waals surface area contributed by atoms with Crippen LogP contribution in [0.2, 0.25) is 0 Å². The molecular weight excluding hydrogens is 382 g/mol. The molecule has 2 aromatic heterocycles. The summed E-state index contributed by atoms with van der Waals surface area (Å²) >= 11 is 0. The molecule has 0 saturated carbocycles. The fraction of sp³-hybridized carbons (Fsp3) is 0.259. The van der Waals surface area contributed by atoms with Gasteiger partial charge < -0.3 is 9.47 Å². The van der Waals surface area contributed by atoms with E-state index in [2.05, 4.69) is 58.8 Å². The van der Waals surface area contributed by atoms with Crippen molar-refractivity contribution in [2.75, 3.05) is 13.6 Å². The van der Waals surface area contributed by atoms with Gasteiger partial charge in [0, 0.05) is 60.5 Å². The van der Waals surface area contributed by atoms with Crippen LogP contribution in [0.1, 0.15) is 40.5 Å². The van der Waals surface area contributed by atoms with E-state index in [9.17, 15) is 4.79 Å². The summed E-state index contributed by atoms with van der Waals surface area (Å²) in [7, 11) is 2.19. The number of hydrogen-bond acceptors (Lipinski definition) is 3. The van der Waals surface area contributed by atoms with Gasteiger partial charge in [0.1, 0.15) is 0 Å².